The summed E-state index contributed by atoms with van der Waals surface area (Å²) in [5, 5.41) is 5.51. The quantitative estimate of drug-likeness (QED) is 0.410. The molecule has 3 rings (SSSR count). The van der Waals surface area contributed by atoms with E-state index >= 15 is 0 Å². The first kappa shape index (κ1) is 14.2. The summed E-state index contributed by atoms with van der Waals surface area (Å²) in [5.74, 6) is -0.200. The summed E-state index contributed by atoms with van der Waals surface area (Å²) in [7, 11) is 0. The molecule has 0 atom stereocenters. The predicted molar refractivity (Wildman–Crippen MR) is 86.4 cm³/mol. The maximum atomic E-state index is 12.4. The van der Waals surface area contributed by atoms with Crippen molar-refractivity contribution in [2.75, 3.05) is 6.61 Å². The minimum absolute atomic E-state index is 0.200. The molecule has 5 nitrogen and oxygen atoms in total. The van der Waals surface area contributed by atoms with Crippen LogP contribution in [0.25, 0.3) is 11.0 Å². The number of rotatable bonds is 3. The Hall–Kier alpha value is -0.700. The van der Waals surface area contributed by atoms with Crippen molar-refractivity contribution in [3.63, 3.8) is 0 Å². The van der Waals surface area contributed by atoms with Crippen LogP contribution in [0.15, 0.2) is 16.7 Å². The standard InChI is InChI=1S/C13H13BrIN3O2/c1-2-20-12(19)13(6-3-7-13)18-11-8(10(15)17-18)4-5-9(14)16-11/h4-5H,2-3,6-7H2,1H3. The molecule has 0 saturated heterocycles. The molecule has 0 bridgehead atoms. The molecule has 7 heteroatoms. The Morgan fingerprint density at radius 3 is 2.90 bits per heavy atom. The second-order valence-electron chi connectivity index (χ2n) is 4.81. The van der Waals surface area contributed by atoms with Crippen LogP contribution in [0.3, 0.4) is 0 Å². The molecular weight excluding hydrogens is 437 g/mol. The number of esters is 1. The van der Waals surface area contributed by atoms with E-state index in [2.05, 4.69) is 48.6 Å². The number of aromatic nitrogens is 3. The number of carbonyl (C=O) groups excluding carboxylic acids is 1. The predicted octanol–water partition coefficient (Wildman–Crippen LogP) is 3.24. The van der Waals surface area contributed by atoms with E-state index in [0.717, 1.165) is 38.6 Å². The molecule has 0 aliphatic heterocycles. The van der Waals surface area contributed by atoms with Gasteiger partial charge in [-0.3, -0.25) is 0 Å². The van der Waals surface area contributed by atoms with Crippen LogP contribution in [0.4, 0.5) is 0 Å². The zero-order valence-corrected chi connectivity index (χ0v) is 14.6. The fourth-order valence-electron chi connectivity index (χ4n) is 2.51. The Balaban J connectivity index is 2.17. The number of hydrogen-bond acceptors (Lipinski definition) is 4. The van der Waals surface area contributed by atoms with Crippen LogP contribution in [0.2, 0.25) is 0 Å². The average molecular weight is 450 g/mol. The van der Waals surface area contributed by atoms with Gasteiger partial charge in [0.25, 0.3) is 0 Å². The third-order valence-corrected chi connectivity index (χ3v) is 4.93. The van der Waals surface area contributed by atoms with Crippen molar-refractivity contribution < 1.29 is 9.53 Å². The highest BCUT2D eigenvalue weighted by atomic mass is 127. The first-order valence-electron chi connectivity index (χ1n) is 6.47. The highest BCUT2D eigenvalue weighted by Gasteiger charge is 2.49. The van der Waals surface area contributed by atoms with Crippen molar-refractivity contribution in [3.05, 3.63) is 20.4 Å². The molecule has 2 aromatic rings. The Labute approximate surface area is 138 Å². The highest BCUT2D eigenvalue weighted by Crippen LogP contribution is 2.42. The molecule has 1 aliphatic carbocycles. The van der Waals surface area contributed by atoms with Gasteiger partial charge in [-0.1, -0.05) is 0 Å². The van der Waals surface area contributed by atoms with Crippen LogP contribution in [0, 0.1) is 3.70 Å². The first-order valence-corrected chi connectivity index (χ1v) is 8.34. The molecule has 0 unspecified atom stereocenters. The molecule has 20 heavy (non-hydrogen) atoms. The minimum Gasteiger partial charge on any atom is -0.464 e. The van der Waals surface area contributed by atoms with E-state index in [-0.39, 0.29) is 5.97 Å². The SMILES string of the molecule is CCOC(=O)C1(n2nc(I)c3ccc(Br)nc32)CCC1. The van der Waals surface area contributed by atoms with Crippen LogP contribution in [0.5, 0.6) is 0 Å². The fraction of sp³-hybridized carbons (Fsp3) is 0.462. The van der Waals surface area contributed by atoms with Crippen molar-refractivity contribution in [3.8, 4) is 0 Å². The molecule has 2 heterocycles. The van der Waals surface area contributed by atoms with E-state index < -0.39 is 5.54 Å². The zero-order valence-electron chi connectivity index (χ0n) is 10.9. The van der Waals surface area contributed by atoms with Gasteiger partial charge in [0.1, 0.15) is 8.30 Å². The number of ether oxygens (including phenoxy) is 1. The molecule has 0 aromatic carbocycles. The Bertz CT molecular complexity index is 682. The summed E-state index contributed by atoms with van der Waals surface area (Å²) in [6.07, 6.45) is 2.52. The number of carbonyl (C=O) groups is 1. The average Bonchev–Trinajstić information content (AvgIpc) is 2.66. The lowest BCUT2D eigenvalue weighted by atomic mass is 9.77. The lowest BCUT2D eigenvalue weighted by molar-refractivity contribution is -0.159. The van der Waals surface area contributed by atoms with Gasteiger partial charge < -0.3 is 4.74 Å². The Morgan fingerprint density at radius 1 is 1.55 bits per heavy atom. The van der Waals surface area contributed by atoms with Crippen molar-refractivity contribution in [2.45, 2.75) is 31.7 Å². The van der Waals surface area contributed by atoms with Crippen molar-refractivity contribution in [2.24, 2.45) is 0 Å². The minimum atomic E-state index is -0.675. The molecular formula is C13H13BrIN3O2. The number of fused-ring (bicyclic) bond motifs is 1. The molecule has 0 radical (unpaired) electrons. The van der Waals surface area contributed by atoms with Gasteiger partial charge >= 0.3 is 5.97 Å². The second-order valence-corrected chi connectivity index (χ2v) is 6.65. The molecule has 0 amide bonds. The normalized spacial score (nSPS) is 16.9. The third kappa shape index (κ3) is 2.05. The van der Waals surface area contributed by atoms with Crippen LogP contribution in [0.1, 0.15) is 26.2 Å². The lowest BCUT2D eigenvalue weighted by Crippen LogP contribution is -2.49. The van der Waals surface area contributed by atoms with E-state index in [1.54, 1.807) is 4.68 Å². The number of hydrogen-bond donors (Lipinski definition) is 0. The number of pyridine rings is 1. The van der Waals surface area contributed by atoms with Crippen molar-refractivity contribution in [1.29, 1.82) is 0 Å². The van der Waals surface area contributed by atoms with Crippen LogP contribution in [-0.2, 0) is 15.1 Å². The van der Waals surface area contributed by atoms with Crippen molar-refractivity contribution >= 4 is 55.5 Å². The van der Waals surface area contributed by atoms with Gasteiger partial charge in [0.05, 0.1) is 12.0 Å². The number of nitrogens with zero attached hydrogens (tertiary/aromatic N) is 3. The van der Waals surface area contributed by atoms with E-state index in [1.807, 2.05) is 19.1 Å². The maximum absolute atomic E-state index is 12.4. The summed E-state index contributed by atoms with van der Waals surface area (Å²) >= 11 is 5.56. The smallest absolute Gasteiger partial charge is 0.334 e. The summed E-state index contributed by atoms with van der Waals surface area (Å²) in [5.41, 5.74) is 0.0578. The van der Waals surface area contributed by atoms with E-state index in [9.17, 15) is 4.79 Å². The largest absolute Gasteiger partial charge is 0.464 e. The van der Waals surface area contributed by atoms with E-state index in [4.69, 9.17) is 4.74 Å². The third-order valence-electron chi connectivity index (χ3n) is 3.69. The van der Waals surface area contributed by atoms with Gasteiger partial charge in [0, 0.05) is 0 Å². The van der Waals surface area contributed by atoms with Gasteiger partial charge in [0.2, 0.25) is 0 Å². The first-order chi connectivity index (χ1) is 9.58. The molecule has 1 aliphatic rings. The van der Waals surface area contributed by atoms with Gasteiger partial charge in [-0.2, -0.15) is 5.10 Å². The number of halogens is 2. The maximum Gasteiger partial charge on any atom is 0.334 e. The zero-order chi connectivity index (χ0) is 14.3. The van der Waals surface area contributed by atoms with E-state index in [0.29, 0.717) is 6.61 Å². The van der Waals surface area contributed by atoms with Crippen molar-refractivity contribution in [1.82, 2.24) is 14.8 Å². The summed E-state index contributed by atoms with van der Waals surface area (Å²) in [6.45, 7) is 2.21. The van der Waals surface area contributed by atoms with Gasteiger partial charge in [-0.15, -0.1) is 0 Å². The monoisotopic (exact) mass is 449 g/mol. The van der Waals surface area contributed by atoms with Gasteiger partial charge in [0.15, 0.2) is 11.2 Å². The molecule has 2 aromatic heterocycles. The molecule has 0 spiro atoms. The van der Waals surface area contributed by atoms with E-state index in [1.165, 1.54) is 0 Å². The topological polar surface area (TPSA) is 57.0 Å². The summed E-state index contributed by atoms with van der Waals surface area (Å²) < 4.78 is 8.60. The van der Waals surface area contributed by atoms with Crippen LogP contribution < -0.4 is 0 Å². The Morgan fingerprint density at radius 2 is 2.30 bits per heavy atom. The fourth-order valence-corrected chi connectivity index (χ4v) is 3.45. The van der Waals surface area contributed by atoms with Gasteiger partial charge in [-0.25, -0.2) is 14.5 Å². The second kappa shape index (κ2) is 5.25. The molecule has 106 valence electrons. The van der Waals surface area contributed by atoms with Crippen LogP contribution >= 0.6 is 38.5 Å². The summed E-state index contributed by atoms with van der Waals surface area (Å²) in [4.78, 5) is 16.9. The summed E-state index contributed by atoms with van der Waals surface area (Å²) in [6, 6.07) is 3.85. The van der Waals surface area contributed by atoms with Crippen LogP contribution in [-0.4, -0.2) is 27.3 Å². The Kier molecular flexibility index (Phi) is 3.74. The molecule has 0 N–H and O–H groups in total. The molecule has 1 fully saturated rings. The molecule has 1 saturated carbocycles. The van der Waals surface area contributed by atoms with Gasteiger partial charge in [-0.05, 0) is 76.8 Å². The lowest BCUT2D eigenvalue weighted by Gasteiger charge is -2.39. The highest BCUT2D eigenvalue weighted by molar-refractivity contribution is 14.1.